The predicted molar refractivity (Wildman–Crippen MR) is 85.7 cm³/mol. The van der Waals surface area contributed by atoms with E-state index in [9.17, 15) is 0 Å². The topological polar surface area (TPSA) is 26.5 Å². The zero-order valence-corrected chi connectivity index (χ0v) is 13.4. The van der Waals surface area contributed by atoms with Crippen LogP contribution in [0.1, 0.15) is 11.3 Å². The molecule has 0 amide bonds. The van der Waals surface area contributed by atoms with Crippen LogP contribution in [-0.2, 0) is 6.61 Å². The maximum absolute atomic E-state index is 6.18. The van der Waals surface area contributed by atoms with Crippen molar-refractivity contribution in [3.05, 3.63) is 63.0 Å². The summed E-state index contributed by atoms with van der Waals surface area (Å²) in [6.07, 6.45) is 1.84. The van der Waals surface area contributed by atoms with E-state index in [1.165, 1.54) is 0 Å². The molecule has 3 nitrogen and oxygen atoms in total. The van der Waals surface area contributed by atoms with Gasteiger partial charge in [0, 0.05) is 21.8 Å². The van der Waals surface area contributed by atoms with E-state index in [0.717, 1.165) is 11.3 Å². The first-order valence-corrected chi connectivity index (χ1v) is 7.40. The monoisotopic (exact) mass is 340 g/mol. The first-order chi connectivity index (χ1) is 10.1. The molecule has 21 heavy (non-hydrogen) atoms. The average Bonchev–Trinajstić information content (AvgIpc) is 2.75. The smallest absolute Gasteiger partial charge is 0.181 e. The number of halogens is 3. The highest BCUT2D eigenvalue weighted by Gasteiger charge is 2.12. The fourth-order valence-corrected chi connectivity index (χ4v) is 2.75. The minimum atomic E-state index is 0.266. The second-order valence-corrected chi connectivity index (χ2v) is 5.72. The van der Waals surface area contributed by atoms with Crippen LogP contribution in [0.25, 0.3) is 5.65 Å². The molecule has 2 heterocycles. The van der Waals surface area contributed by atoms with Gasteiger partial charge in [-0.05, 0) is 31.2 Å². The Morgan fingerprint density at radius 2 is 1.81 bits per heavy atom. The average molecular weight is 342 g/mol. The maximum Gasteiger partial charge on any atom is 0.181 e. The highest BCUT2D eigenvalue weighted by atomic mass is 35.5. The van der Waals surface area contributed by atoms with Crippen molar-refractivity contribution >= 4 is 40.4 Å². The van der Waals surface area contributed by atoms with Gasteiger partial charge in [0.25, 0.3) is 0 Å². The van der Waals surface area contributed by atoms with Crippen molar-refractivity contribution in [2.24, 2.45) is 0 Å². The van der Waals surface area contributed by atoms with Crippen LogP contribution in [0.5, 0.6) is 5.75 Å². The van der Waals surface area contributed by atoms with E-state index in [4.69, 9.17) is 39.5 Å². The first-order valence-electron chi connectivity index (χ1n) is 6.27. The summed E-state index contributed by atoms with van der Waals surface area (Å²) < 4.78 is 7.60. The molecule has 2 aromatic heterocycles. The highest BCUT2D eigenvalue weighted by Crippen LogP contribution is 2.28. The second kappa shape index (κ2) is 5.76. The largest absolute Gasteiger partial charge is 0.485 e. The van der Waals surface area contributed by atoms with Crippen LogP contribution in [0.3, 0.4) is 0 Å². The Hall–Kier alpha value is -1.42. The molecule has 0 aliphatic heterocycles. The molecule has 0 saturated carbocycles. The van der Waals surface area contributed by atoms with Crippen LogP contribution in [0.2, 0.25) is 15.2 Å². The van der Waals surface area contributed by atoms with Crippen LogP contribution in [-0.4, -0.2) is 9.38 Å². The lowest BCUT2D eigenvalue weighted by Crippen LogP contribution is -1.99. The van der Waals surface area contributed by atoms with Gasteiger partial charge in [-0.25, -0.2) is 4.98 Å². The van der Waals surface area contributed by atoms with Crippen LogP contribution < -0.4 is 4.74 Å². The molecule has 0 aliphatic carbocycles. The quantitative estimate of drug-likeness (QED) is 0.656. The van der Waals surface area contributed by atoms with Crippen molar-refractivity contribution in [3.8, 4) is 5.75 Å². The number of hydrogen-bond acceptors (Lipinski definition) is 2. The third-order valence-electron chi connectivity index (χ3n) is 3.15. The molecule has 0 unspecified atom stereocenters. The Balaban J connectivity index is 1.94. The molecule has 0 saturated heterocycles. The molecular weight excluding hydrogens is 331 g/mol. The summed E-state index contributed by atoms with van der Waals surface area (Å²) in [5.41, 5.74) is 2.17. The number of imidazole rings is 1. The van der Waals surface area contributed by atoms with Crippen molar-refractivity contribution in [1.82, 2.24) is 9.38 Å². The summed E-state index contributed by atoms with van der Waals surface area (Å²) in [4.78, 5) is 4.41. The molecule has 0 fully saturated rings. The SMILES string of the molecule is Cc1nc2c(OCc3c(Cl)cccc3Cl)cccn2c1Cl. The van der Waals surface area contributed by atoms with Gasteiger partial charge in [-0.2, -0.15) is 0 Å². The van der Waals surface area contributed by atoms with Crippen LogP contribution in [0.15, 0.2) is 36.5 Å². The lowest BCUT2D eigenvalue weighted by atomic mass is 10.2. The minimum Gasteiger partial charge on any atom is -0.485 e. The van der Waals surface area contributed by atoms with Crippen LogP contribution in [0, 0.1) is 6.92 Å². The lowest BCUT2D eigenvalue weighted by Gasteiger charge is -2.10. The number of benzene rings is 1. The van der Waals surface area contributed by atoms with Gasteiger partial charge >= 0.3 is 0 Å². The number of ether oxygens (including phenoxy) is 1. The summed E-state index contributed by atoms with van der Waals surface area (Å²) in [6, 6.07) is 9.05. The number of aryl methyl sites for hydroxylation is 1. The zero-order valence-electron chi connectivity index (χ0n) is 11.1. The molecule has 0 bridgehead atoms. The Morgan fingerprint density at radius 3 is 2.52 bits per heavy atom. The van der Waals surface area contributed by atoms with Gasteiger partial charge in [-0.1, -0.05) is 40.9 Å². The van der Waals surface area contributed by atoms with Crippen molar-refractivity contribution in [2.75, 3.05) is 0 Å². The van der Waals surface area contributed by atoms with E-state index in [0.29, 0.717) is 26.6 Å². The van der Waals surface area contributed by atoms with Gasteiger partial charge in [-0.3, -0.25) is 4.40 Å². The maximum atomic E-state index is 6.18. The molecule has 0 atom stereocenters. The van der Waals surface area contributed by atoms with E-state index in [1.807, 2.05) is 25.3 Å². The van der Waals surface area contributed by atoms with E-state index in [2.05, 4.69) is 4.98 Å². The minimum absolute atomic E-state index is 0.266. The fraction of sp³-hybridized carbons (Fsp3) is 0.133. The van der Waals surface area contributed by atoms with Gasteiger partial charge in [0.2, 0.25) is 0 Å². The molecule has 0 spiro atoms. The van der Waals surface area contributed by atoms with Crippen molar-refractivity contribution in [2.45, 2.75) is 13.5 Å². The molecule has 3 rings (SSSR count). The van der Waals surface area contributed by atoms with E-state index < -0.39 is 0 Å². The van der Waals surface area contributed by atoms with E-state index >= 15 is 0 Å². The van der Waals surface area contributed by atoms with Gasteiger partial charge in [0.05, 0.1) is 5.69 Å². The predicted octanol–water partition coefficient (Wildman–Crippen LogP) is 5.18. The highest BCUT2D eigenvalue weighted by molar-refractivity contribution is 6.36. The molecule has 0 aliphatic rings. The molecular formula is C15H11Cl3N2O. The van der Waals surface area contributed by atoms with Crippen LogP contribution >= 0.6 is 34.8 Å². The van der Waals surface area contributed by atoms with Gasteiger partial charge in [0.15, 0.2) is 11.4 Å². The third-order valence-corrected chi connectivity index (χ3v) is 4.31. The second-order valence-electron chi connectivity index (χ2n) is 4.54. The van der Waals surface area contributed by atoms with Crippen molar-refractivity contribution in [3.63, 3.8) is 0 Å². The fourth-order valence-electron chi connectivity index (χ4n) is 2.06. The zero-order chi connectivity index (χ0) is 15.0. The van der Waals surface area contributed by atoms with Gasteiger partial charge < -0.3 is 4.74 Å². The normalized spacial score (nSPS) is 11.0. The molecule has 108 valence electrons. The Morgan fingerprint density at radius 1 is 1.10 bits per heavy atom. The van der Waals surface area contributed by atoms with E-state index in [-0.39, 0.29) is 6.61 Å². The first kappa shape index (κ1) is 14.5. The van der Waals surface area contributed by atoms with Crippen molar-refractivity contribution in [1.29, 1.82) is 0 Å². The van der Waals surface area contributed by atoms with Crippen LogP contribution in [0.4, 0.5) is 0 Å². The summed E-state index contributed by atoms with van der Waals surface area (Å²) in [6.45, 7) is 2.12. The number of fused-ring (bicyclic) bond motifs is 1. The number of nitrogens with zero attached hydrogens (tertiary/aromatic N) is 2. The van der Waals surface area contributed by atoms with Gasteiger partial charge in [0.1, 0.15) is 11.8 Å². The Labute approximate surface area is 137 Å². The third kappa shape index (κ3) is 2.69. The number of hydrogen-bond donors (Lipinski definition) is 0. The molecule has 0 N–H and O–H groups in total. The number of aromatic nitrogens is 2. The lowest BCUT2D eigenvalue weighted by molar-refractivity contribution is 0.308. The summed E-state index contributed by atoms with van der Waals surface area (Å²) in [5.74, 6) is 0.628. The summed E-state index contributed by atoms with van der Waals surface area (Å²) in [7, 11) is 0. The molecule has 6 heteroatoms. The summed E-state index contributed by atoms with van der Waals surface area (Å²) >= 11 is 18.5. The van der Waals surface area contributed by atoms with Crippen molar-refractivity contribution < 1.29 is 4.74 Å². The molecule has 1 aromatic carbocycles. The van der Waals surface area contributed by atoms with E-state index in [1.54, 1.807) is 22.6 Å². The number of rotatable bonds is 3. The summed E-state index contributed by atoms with van der Waals surface area (Å²) in [5, 5.41) is 1.73. The number of pyridine rings is 1. The Kier molecular flexibility index (Phi) is 3.98. The molecule has 0 radical (unpaired) electrons. The Bertz CT molecular complexity index is 794. The van der Waals surface area contributed by atoms with Gasteiger partial charge in [-0.15, -0.1) is 0 Å². The molecule has 3 aromatic rings. The standard InChI is InChI=1S/C15H11Cl3N2O/c1-9-14(18)20-7-3-6-13(15(20)19-9)21-8-10-11(16)4-2-5-12(10)17/h2-7H,8H2,1H3.